The Hall–Kier alpha value is -2.59. The van der Waals surface area contributed by atoms with Gasteiger partial charge in [-0.05, 0) is 48.2 Å². The van der Waals surface area contributed by atoms with E-state index in [2.05, 4.69) is 21.2 Å². The molecule has 42 heavy (non-hydrogen) atoms. The zero-order valence-corrected chi connectivity index (χ0v) is 27.2. The SMILES string of the molecule is CS(=O)(=O)N(CC(=O)N(Cc1ccc(Br)cc1)[C@@H](Cc1ccccc1)C(=O)NC1CCCCC1)c1cccc(Cl)c1Cl. The molecule has 0 heterocycles. The van der Waals surface area contributed by atoms with E-state index in [0.717, 1.165) is 58.3 Å². The van der Waals surface area contributed by atoms with Gasteiger partial charge in [-0.3, -0.25) is 13.9 Å². The number of carbonyl (C=O) groups is 2. The third kappa shape index (κ3) is 8.72. The Morgan fingerprint density at radius 2 is 1.60 bits per heavy atom. The largest absolute Gasteiger partial charge is 0.352 e. The summed E-state index contributed by atoms with van der Waals surface area (Å²) in [5.41, 5.74) is 1.77. The number of anilines is 1. The maximum absolute atomic E-state index is 14.2. The molecule has 1 fully saturated rings. The molecule has 1 atom stereocenters. The minimum Gasteiger partial charge on any atom is -0.352 e. The Kier molecular flexibility index (Phi) is 11.3. The second kappa shape index (κ2) is 14.7. The normalized spacial score (nSPS) is 14.7. The third-order valence-electron chi connectivity index (χ3n) is 7.37. The molecule has 0 unspecified atom stereocenters. The number of halogens is 3. The second-order valence-corrected chi connectivity index (χ2v) is 14.1. The minimum atomic E-state index is -3.96. The Balaban J connectivity index is 1.73. The van der Waals surface area contributed by atoms with Gasteiger partial charge < -0.3 is 10.2 Å². The first-order valence-corrected chi connectivity index (χ1v) is 17.2. The van der Waals surface area contributed by atoms with Gasteiger partial charge in [0.15, 0.2) is 0 Å². The van der Waals surface area contributed by atoms with E-state index in [1.165, 1.54) is 11.0 Å². The lowest BCUT2D eigenvalue weighted by Gasteiger charge is -2.35. The lowest BCUT2D eigenvalue weighted by atomic mass is 9.94. The first-order chi connectivity index (χ1) is 20.0. The molecule has 1 saturated carbocycles. The summed E-state index contributed by atoms with van der Waals surface area (Å²) < 4.78 is 27.8. The predicted molar refractivity (Wildman–Crippen MR) is 172 cm³/mol. The van der Waals surface area contributed by atoms with Crippen LogP contribution in [0, 0.1) is 0 Å². The molecule has 0 saturated heterocycles. The van der Waals surface area contributed by atoms with Crippen LogP contribution in [0.1, 0.15) is 43.2 Å². The molecule has 4 rings (SSSR count). The van der Waals surface area contributed by atoms with E-state index in [1.807, 2.05) is 54.6 Å². The smallest absolute Gasteiger partial charge is 0.244 e. The number of rotatable bonds is 11. The summed E-state index contributed by atoms with van der Waals surface area (Å²) in [5.74, 6) is -0.804. The molecule has 1 aliphatic carbocycles. The van der Waals surface area contributed by atoms with Gasteiger partial charge in [0, 0.05) is 23.5 Å². The highest BCUT2D eigenvalue weighted by Gasteiger charge is 2.34. The first kappa shape index (κ1) is 32.3. The fraction of sp³-hybridized carbons (Fsp3) is 0.355. The van der Waals surface area contributed by atoms with Crippen molar-refractivity contribution in [2.45, 2.75) is 57.2 Å². The topological polar surface area (TPSA) is 86.8 Å². The van der Waals surface area contributed by atoms with Crippen LogP contribution in [-0.4, -0.2) is 50.0 Å². The molecular weight excluding hydrogens is 661 g/mol. The second-order valence-electron chi connectivity index (χ2n) is 10.5. The Morgan fingerprint density at radius 1 is 0.929 bits per heavy atom. The number of sulfonamides is 1. The minimum absolute atomic E-state index is 0.0210. The average molecular weight is 696 g/mol. The van der Waals surface area contributed by atoms with Gasteiger partial charge in [-0.1, -0.05) is 107 Å². The number of hydrogen-bond donors (Lipinski definition) is 1. The van der Waals surface area contributed by atoms with E-state index in [4.69, 9.17) is 23.2 Å². The van der Waals surface area contributed by atoms with E-state index in [0.29, 0.717) is 0 Å². The predicted octanol–water partition coefficient (Wildman–Crippen LogP) is 6.61. The highest BCUT2D eigenvalue weighted by molar-refractivity contribution is 9.10. The van der Waals surface area contributed by atoms with Crippen molar-refractivity contribution in [3.63, 3.8) is 0 Å². The lowest BCUT2D eigenvalue weighted by Crippen LogP contribution is -2.55. The first-order valence-electron chi connectivity index (χ1n) is 13.8. The molecule has 0 radical (unpaired) electrons. The van der Waals surface area contributed by atoms with Crippen molar-refractivity contribution in [1.29, 1.82) is 0 Å². The summed E-state index contributed by atoms with van der Waals surface area (Å²) in [6.07, 6.45) is 6.27. The molecule has 0 aliphatic heterocycles. The lowest BCUT2D eigenvalue weighted by molar-refractivity contribution is -0.140. The van der Waals surface area contributed by atoms with Crippen LogP contribution < -0.4 is 9.62 Å². The fourth-order valence-corrected chi connectivity index (χ4v) is 6.73. The Morgan fingerprint density at radius 3 is 2.24 bits per heavy atom. The summed E-state index contributed by atoms with van der Waals surface area (Å²) in [7, 11) is -3.96. The molecule has 11 heteroatoms. The summed E-state index contributed by atoms with van der Waals surface area (Å²) >= 11 is 16.0. The van der Waals surface area contributed by atoms with Gasteiger partial charge >= 0.3 is 0 Å². The van der Waals surface area contributed by atoms with Crippen molar-refractivity contribution >= 4 is 66.7 Å². The van der Waals surface area contributed by atoms with Crippen molar-refractivity contribution in [2.75, 3.05) is 17.1 Å². The van der Waals surface area contributed by atoms with E-state index >= 15 is 0 Å². The average Bonchev–Trinajstić information content (AvgIpc) is 2.96. The molecule has 0 spiro atoms. The third-order valence-corrected chi connectivity index (χ3v) is 9.83. The molecule has 1 N–H and O–H groups in total. The van der Waals surface area contributed by atoms with Crippen molar-refractivity contribution in [1.82, 2.24) is 10.2 Å². The van der Waals surface area contributed by atoms with Crippen molar-refractivity contribution in [3.8, 4) is 0 Å². The number of nitrogens with zero attached hydrogens (tertiary/aromatic N) is 2. The molecule has 0 aromatic heterocycles. The molecule has 2 amide bonds. The van der Waals surface area contributed by atoms with E-state index in [-0.39, 0.29) is 40.6 Å². The standard InChI is InChI=1S/C31H34BrCl2N3O4S/c1-42(40,41)37(27-14-8-13-26(33)30(27)34)21-29(38)36(20-23-15-17-24(32)18-16-23)28(19-22-9-4-2-5-10-22)31(39)35-25-11-6-3-7-12-25/h2,4-5,8-10,13-18,25,28H,3,6-7,11-12,19-21H2,1H3,(H,35,39)/t28-/m0/s1. The van der Waals surface area contributed by atoms with E-state index < -0.39 is 28.5 Å². The fourth-order valence-electron chi connectivity index (χ4n) is 5.16. The zero-order valence-electron chi connectivity index (χ0n) is 23.3. The van der Waals surface area contributed by atoms with Gasteiger partial charge in [-0.2, -0.15) is 0 Å². The van der Waals surface area contributed by atoms with Gasteiger partial charge in [0.2, 0.25) is 21.8 Å². The number of hydrogen-bond acceptors (Lipinski definition) is 4. The summed E-state index contributed by atoms with van der Waals surface area (Å²) in [4.78, 5) is 29.7. The Bertz CT molecular complexity index is 1480. The van der Waals surface area contributed by atoms with Gasteiger partial charge in [-0.25, -0.2) is 8.42 Å². The van der Waals surface area contributed by atoms with Gasteiger partial charge in [0.25, 0.3) is 0 Å². The van der Waals surface area contributed by atoms with Crippen LogP contribution in [0.25, 0.3) is 0 Å². The number of amides is 2. The van der Waals surface area contributed by atoms with Crippen LogP contribution in [0.2, 0.25) is 10.0 Å². The summed E-state index contributed by atoms with van der Waals surface area (Å²) in [6.45, 7) is -0.458. The van der Waals surface area contributed by atoms with Gasteiger partial charge in [0.05, 0.1) is 22.0 Å². The molecule has 0 bridgehead atoms. The maximum Gasteiger partial charge on any atom is 0.244 e. The van der Waals surface area contributed by atoms with Crippen molar-refractivity contribution < 1.29 is 18.0 Å². The van der Waals surface area contributed by atoms with E-state index in [9.17, 15) is 18.0 Å². The highest BCUT2D eigenvalue weighted by atomic mass is 79.9. The number of nitrogens with one attached hydrogen (secondary N) is 1. The molecule has 7 nitrogen and oxygen atoms in total. The van der Waals surface area contributed by atoms with Gasteiger partial charge in [-0.15, -0.1) is 0 Å². The molecule has 3 aromatic carbocycles. The molecule has 1 aliphatic rings. The maximum atomic E-state index is 14.2. The number of benzene rings is 3. The van der Waals surface area contributed by atoms with Crippen LogP contribution in [0.15, 0.2) is 77.3 Å². The Labute approximate surface area is 266 Å². The monoisotopic (exact) mass is 693 g/mol. The summed E-state index contributed by atoms with van der Waals surface area (Å²) in [5, 5.41) is 3.37. The number of carbonyl (C=O) groups excluding carboxylic acids is 2. The van der Waals surface area contributed by atoms with Crippen molar-refractivity contribution in [3.05, 3.63) is 98.4 Å². The van der Waals surface area contributed by atoms with E-state index in [1.54, 1.807) is 12.1 Å². The van der Waals surface area contributed by atoms with Crippen LogP contribution in [0.3, 0.4) is 0 Å². The highest BCUT2D eigenvalue weighted by Crippen LogP contribution is 2.34. The zero-order chi connectivity index (χ0) is 30.3. The summed E-state index contributed by atoms with van der Waals surface area (Å²) in [6, 6.07) is 20.7. The molecular formula is C31H34BrCl2N3O4S. The van der Waals surface area contributed by atoms with Crippen LogP contribution >= 0.6 is 39.1 Å². The van der Waals surface area contributed by atoms with Gasteiger partial charge in [0.1, 0.15) is 12.6 Å². The van der Waals surface area contributed by atoms with Crippen molar-refractivity contribution in [2.24, 2.45) is 0 Å². The van der Waals surface area contributed by atoms with Crippen LogP contribution in [-0.2, 0) is 32.6 Å². The van der Waals surface area contributed by atoms with Crippen LogP contribution in [0.5, 0.6) is 0 Å². The quantitative estimate of drug-likeness (QED) is 0.245. The molecule has 224 valence electrons. The van der Waals surface area contributed by atoms with Crippen LogP contribution in [0.4, 0.5) is 5.69 Å². The molecule has 3 aromatic rings.